The van der Waals surface area contributed by atoms with E-state index in [1.165, 1.54) is 11.9 Å². The third-order valence-electron chi connectivity index (χ3n) is 4.62. The van der Waals surface area contributed by atoms with Crippen LogP contribution in [-0.2, 0) is 25.5 Å². The Labute approximate surface area is 198 Å². The molecule has 0 saturated heterocycles. The van der Waals surface area contributed by atoms with E-state index >= 15 is 0 Å². The number of para-hydroxylation sites is 1. The number of nitrogens with zero attached hydrogens (tertiary/aromatic N) is 4. The van der Waals surface area contributed by atoms with Gasteiger partial charge in [0.15, 0.2) is 0 Å². The van der Waals surface area contributed by atoms with Crippen molar-refractivity contribution in [3.63, 3.8) is 0 Å². The van der Waals surface area contributed by atoms with Gasteiger partial charge in [0.2, 0.25) is 0 Å². The second kappa shape index (κ2) is 10.9. The molecule has 0 amide bonds. The maximum absolute atomic E-state index is 4.41. The number of aryl methyl sites for hydroxylation is 1. The van der Waals surface area contributed by atoms with Gasteiger partial charge >= 0.3 is 0 Å². The molecular formula is C26H26IrN4-2. The predicted octanol–water partition coefficient (Wildman–Crippen LogP) is 5.86. The SMILES string of the molecule is C=Cc1ccc(-c2[c-]cc(C(C)(C)C)cc2)nc1.Cc1ncnn1-c1[c-]cccc1.[Ir]. The molecule has 5 heteroatoms. The summed E-state index contributed by atoms with van der Waals surface area (Å²) in [6.45, 7) is 12.2. The topological polar surface area (TPSA) is 43.6 Å². The van der Waals surface area contributed by atoms with Crippen molar-refractivity contribution in [1.82, 2.24) is 19.7 Å². The first kappa shape index (κ1) is 24.4. The molecule has 0 spiro atoms. The molecule has 0 fully saturated rings. The van der Waals surface area contributed by atoms with Crippen LogP contribution in [0.15, 0.2) is 73.7 Å². The summed E-state index contributed by atoms with van der Waals surface area (Å²) in [4.78, 5) is 8.43. The van der Waals surface area contributed by atoms with Crippen molar-refractivity contribution in [2.45, 2.75) is 33.1 Å². The summed E-state index contributed by atoms with van der Waals surface area (Å²) < 4.78 is 1.75. The van der Waals surface area contributed by atoms with Gasteiger partial charge in [0, 0.05) is 26.3 Å². The second-order valence-corrected chi connectivity index (χ2v) is 7.89. The van der Waals surface area contributed by atoms with E-state index in [1.807, 2.05) is 49.5 Å². The fourth-order valence-electron chi connectivity index (χ4n) is 2.79. The largest absolute Gasteiger partial charge is 0.304 e. The molecule has 0 atom stereocenters. The molecule has 0 aliphatic heterocycles. The van der Waals surface area contributed by atoms with E-state index in [-0.39, 0.29) is 25.5 Å². The Bertz CT molecular complexity index is 1080. The molecule has 1 radical (unpaired) electrons. The Kier molecular flexibility index (Phi) is 8.61. The number of aromatic nitrogens is 4. The zero-order valence-electron chi connectivity index (χ0n) is 18.3. The molecule has 31 heavy (non-hydrogen) atoms. The Morgan fingerprint density at radius 2 is 1.81 bits per heavy atom. The first-order chi connectivity index (χ1) is 14.4. The number of hydrogen-bond acceptors (Lipinski definition) is 3. The van der Waals surface area contributed by atoms with Crippen LogP contribution in [0.25, 0.3) is 23.0 Å². The average molecular weight is 587 g/mol. The van der Waals surface area contributed by atoms with Crippen LogP contribution in [0, 0.1) is 19.1 Å². The fourth-order valence-corrected chi connectivity index (χ4v) is 2.79. The Hall–Kier alpha value is -2.88. The van der Waals surface area contributed by atoms with Gasteiger partial charge in [0.25, 0.3) is 0 Å². The first-order valence-electron chi connectivity index (χ1n) is 9.83. The molecule has 4 aromatic rings. The van der Waals surface area contributed by atoms with Gasteiger partial charge in [-0.25, -0.2) is 9.67 Å². The van der Waals surface area contributed by atoms with Gasteiger partial charge < -0.3 is 4.98 Å². The smallest absolute Gasteiger partial charge is 0.138 e. The van der Waals surface area contributed by atoms with E-state index in [0.717, 1.165) is 28.3 Å². The van der Waals surface area contributed by atoms with E-state index in [0.29, 0.717) is 0 Å². The Morgan fingerprint density at radius 1 is 1.00 bits per heavy atom. The molecule has 161 valence electrons. The average Bonchev–Trinajstić information content (AvgIpc) is 3.20. The van der Waals surface area contributed by atoms with Crippen LogP contribution >= 0.6 is 0 Å². The van der Waals surface area contributed by atoms with Gasteiger partial charge in [-0.2, -0.15) is 29.4 Å². The van der Waals surface area contributed by atoms with Crippen LogP contribution in [0.1, 0.15) is 37.7 Å². The van der Waals surface area contributed by atoms with Crippen LogP contribution in [-0.4, -0.2) is 19.7 Å². The molecule has 0 unspecified atom stereocenters. The molecule has 0 saturated carbocycles. The van der Waals surface area contributed by atoms with E-state index in [4.69, 9.17) is 0 Å². The van der Waals surface area contributed by atoms with E-state index in [2.05, 4.69) is 72.7 Å². The van der Waals surface area contributed by atoms with Crippen molar-refractivity contribution in [2.75, 3.05) is 0 Å². The van der Waals surface area contributed by atoms with Gasteiger partial charge in [0.1, 0.15) is 12.2 Å². The minimum Gasteiger partial charge on any atom is -0.304 e. The van der Waals surface area contributed by atoms with Crippen LogP contribution in [0.3, 0.4) is 0 Å². The van der Waals surface area contributed by atoms with Crippen molar-refractivity contribution in [3.05, 3.63) is 103 Å². The molecule has 0 N–H and O–H groups in total. The van der Waals surface area contributed by atoms with Gasteiger partial charge in [-0.1, -0.05) is 45.6 Å². The summed E-state index contributed by atoms with van der Waals surface area (Å²) in [6, 6.07) is 24.4. The summed E-state index contributed by atoms with van der Waals surface area (Å²) in [6.07, 6.45) is 5.16. The third kappa shape index (κ3) is 6.55. The zero-order valence-corrected chi connectivity index (χ0v) is 20.7. The number of pyridine rings is 1. The number of hydrogen-bond donors (Lipinski definition) is 0. The second-order valence-electron chi connectivity index (χ2n) is 7.89. The standard InChI is InChI=1S/C17H18N.C9H8N3.Ir/c1-5-13-6-11-16(18-12-13)14-7-9-15(10-8-14)17(2,3)4;1-8-10-7-11-12(8)9-5-3-2-4-6-9;/h5-7,9-12H,1H2,2-4H3;2-5,7H,1H3;/q2*-1;. The van der Waals surface area contributed by atoms with Crippen LogP contribution in [0.4, 0.5) is 0 Å². The summed E-state index contributed by atoms with van der Waals surface area (Å²) in [5.41, 5.74) is 5.38. The monoisotopic (exact) mass is 587 g/mol. The molecular weight excluding hydrogens is 561 g/mol. The maximum Gasteiger partial charge on any atom is 0.138 e. The summed E-state index contributed by atoms with van der Waals surface area (Å²) >= 11 is 0. The van der Waals surface area contributed by atoms with Crippen molar-refractivity contribution in [3.8, 4) is 16.9 Å². The molecule has 0 aliphatic rings. The molecule has 4 nitrogen and oxygen atoms in total. The predicted molar refractivity (Wildman–Crippen MR) is 122 cm³/mol. The third-order valence-corrected chi connectivity index (χ3v) is 4.62. The number of benzene rings is 2. The van der Waals surface area contributed by atoms with E-state index in [9.17, 15) is 0 Å². The molecule has 0 bridgehead atoms. The van der Waals surface area contributed by atoms with E-state index < -0.39 is 0 Å². The zero-order chi connectivity index (χ0) is 21.6. The number of rotatable bonds is 3. The summed E-state index contributed by atoms with van der Waals surface area (Å²) in [5.74, 6) is 0.873. The van der Waals surface area contributed by atoms with E-state index in [1.54, 1.807) is 10.8 Å². The molecule has 4 rings (SSSR count). The van der Waals surface area contributed by atoms with Crippen LogP contribution < -0.4 is 0 Å². The van der Waals surface area contributed by atoms with Gasteiger partial charge in [0.05, 0.1) is 0 Å². The van der Waals surface area contributed by atoms with Gasteiger partial charge in [-0.05, 0) is 29.3 Å². The Morgan fingerprint density at radius 3 is 2.29 bits per heavy atom. The van der Waals surface area contributed by atoms with Crippen molar-refractivity contribution < 1.29 is 20.1 Å². The summed E-state index contributed by atoms with van der Waals surface area (Å²) in [7, 11) is 0. The molecule has 0 aliphatic carbocycles. The van der Waals surface area contributed by atoms with Crippen molar-refractivity contribution >= 4 is 6.08 Å². The Balaban J connectivity index is 0.000000229. The van der Waals surface area contributed by atoms with Gasteiger partial charge in [-0.15, -0.1) is 41.5 Å². The summed E-state index contributed by atoms with van der Waals surface area (Å²) in [5, 5.41) is 4.06. The van der Waals surface area contributed by atoms with Crippen LogP contribution in [0.5, 0.6) is 0 Å². The maximum atomic E-state index is 4.41. The normalized spacial score (nSPS) is 10.5. The molecule has 2 aromatic heterocycles. The quantitative estimate of drug-likeness (QED) is 0.283. The van der Waals surface area contributed by atoms with Crippen molar-refractivity contribution in [1.29, 1.82) is 0 Å². The molecule has 2 heterocycles. The first-order valence-corrected chi connectivity index (χ1v) is 9.83. The fraction of sp³-hybridized carbons (Fsp3) is 0.192. The minimum atomic E-state index is 0. The minimum absolute atomic E-state index is 0. The molecule has 2 aromatic carbocycles. The van der Waals surface area contributed by atoms with Crippen molar-refractivity contribution in [2.24, 2.45) is 0 Å². The van der Waals surface area contributed by atoms with Gasteiger partial charge in [-0.3, -0.25) is 0 Å². The van der Waals surface area contributed by atoms with Crippen LogP contribution in [0.2, 0.25) is 0 Å².